The molecule has 0 aliphatic rings. The van der Waals surface area contributed by atoms with Crippen LogP contribution in [0.4, 0.5) is 13.2 Å². The fraction of sp³-hybridized carbons (Fsp3) is 0.300. The van der Waals surface area contributed by atoms with E-state index in [2.05, 4.69) is 25.3 Å². The van der Waals surface area contributed by atoms with Gasteiger partial charge in [0.05, 0.1) is 12.3 Å². The molecule has 2 N–H and O–H groups in total. The number of alkyl halides is 3. The van der Waals surface area contributed by atoms with Crippen molar-refractivity contribution in [3.8, 4) is 0 Å². The first-order valence-electron chi connectivity index (χ1n) is 6.04. The van der Waals surface area contributed by atoms with E-state index in [1.807, 2.05) is 0 Å². The molecule has 0 saturated carbocycles. The van der Waals surface area contributed by atoms with Crippen molar-refractivity contribution < 1.29 is 17.9 Å². The summed E-state index contributed by atoms with van der Waals surface area (Å²) in [4.78, 5) is 8.14. The summed E-state index contributed by atoms with van der Waals surface area (Å²) in [5, 5.41) is 10.8. The number of halogens is 3. The standard InChI is InChI=1S/C10H9F3N8OS/c1-22-3-5-2-6(21-8(17-5)15-4-16-21)23-9-19-18-7(20(9)14)10(11,12)13/h2,4H,3,14H2,1H3. The summed E-state index contributed by atoms with van der Waals surface area (Å²) in [5.41, 5.74) is 0.537. The Bertz CT molecular complexity index is 844. The molecule has 3 heterocycles. The molecule has 3 aromatic heterocycles. The number of hydrogen-bond donors (Lipinski definition) is 1. The average Bonchev–Trinajstić information content (AvgIpc) is 3.06. The summed E-state index contributed by atoms with van der Waals surface area (Å²) in [6.07, 6.45) is -3.42. The van der Waals surface area contributed by atoms with E-state index < -0.39 is 12.0 Å². The molecule has 0 aliphatic heterocycles. The molecule has 0 spiro atoms. The predicted molar refractivity (Wildman–Crippen MR) is 70.8 cm³/mol. The van der Waals surface area contributed by atoms with Gasteiger partial charge in [-0.25, -0.2) is 9.66 Å². The van der Waals surface area contributed by atoms with Gasteiger partial charge >= 0.3 is 6.18 Å². The van der Waals surface area contributed by atoms with Crippen molar-refractivity contribution in [3.63, 3.8) is 0 Å². The summed E-state index contributed by atoms with van der Waals surface area (Å²) in [5.74, 6) is 4.41. The van der Waals surface area contributed by atoms with Gasteiger partial charge in [0, 0.05) is 7.11 Å². The molecule has 13 heteroatoms. The van der Waals surface area contributed by atoms with Crippen LogP contribution < -0.4 is 5.84 Å². The van der Waals surface area contributed by atoms with Gasteiger partial charge < -0.3 is 10.6 Å². The van der Waals surface area contributed by atoms with Crippen molar-refractivity contribution in [2.75, 3.05) is 13.0 Å². The van der Waals surface area contributed by atoms with Gasteiger partial charge in [-0.15, -0.1) is 10.2 Å². The first kappa shape index (κ1) is 15.5. The molecule has 0 aliphatic carbocycles. The molecule has 0 bridgehead atoms. The van der Waals surface area contributed by atoms with Crippen LogP contribution >= 0.6 is 11.8 Å². The Morgan fingerprint density at radius 1 is 1.35 bits per heavy atom. The summed E-state index contributed by atoms with van der Waals surface area (Å²) in [6, 6.07) is 1.60. The van der Waals surface area contributed by atoms with Crippen molar-refractivity contribution in [3.05, 3.63) is 23.9 Å². The molecule has 0 radical (unpaired) electrons. The number of nitrogens with two attached hydrogens (primary N) is 1. The molecule has 0 amide bonds. The fourth-order valence-electron chi connectivity index (χ4n) is 1.76. The Morgan fingerprint density at radius 2 is 2.13 bits per heavy atom. The van der Waals surface area contributed by atoms with Crippen LogP contribution in [-0.2, 0) is 17.5 Å². The first-order valence-corrected chi connectivity index (χ1v) is 6.86. The van der Waals surface area contributed by atoms with Crippen LogP contribution in [0.1, 0.15) is 11.5 Å². The van der Waals surface area contributed by atoms with Crippen molar-refractivity contribution in [1.82, 2.24) is 34.5 Å². The molecule has 3 rings (SSSR count). The fourth-order valence-corrected chi connectivity index (χ4v) is 2.62. The number of fused-ring (bicyclic) bond motifs is 1. The summed E-state index contributed by atoms with van der Waals surface area (Å²) in [7, 11) is 1.49. The summed E-state index contributed by atoms with van der Waals surface area (Å²) < 4.78 is 44.8. The van der Waals surface area contributed by atoms with Gasteiger partial charge in [0.15, 0.2) is 0 Å². The molecule has 9 nitrogen and oxygen atoms in total. The molecule has 0 saturated heterocycles. The van der Waals surface area contributed by atoms with Crippen molar-refractivity contribution in [2.24, 2.45) is 0 Å². The highest BCUT2D eigenvalue weighted by molar-refractivity contribution is 7.99. The average molecular weight is 346 g/mol. The molecule has 0 unspecified atom stereocenters. The molecule has 0 atom stereocenters. The van der Waals surface area contributed by atoms with Gasteiger partial charge in [-0.2, -0.15) is 27.8 Å². The minimum Gasteiger partial charge on any atom is -0.378 e. The molecule has 0 aromatic carbocycles. The van der Waals surface area contributed by atoms with E-state index in [1.54, 1.807) is 6.07 Å². The second-order valence-corrected chi connectivity index (χ2v) is 5.25. The van der Waals surface area contributed by atoms with Crippen LogP contribution in [0.2, 0.25) is 0 Å². The largest absolute Gasteiger partial charge is 0.453 e. The number of ether oxygens (including phenoxy) is 1. The van der Waals surface area contributed by atoms with Gasteiger partial charge in [0.1, 0.15) is 11.4 Å². The Morgan fingerprint density at radius 3 is 2.78 bits per heavy atom. The zero-order valence-corrected chi connectivity index (χ0v) is 12.3. The maximum absolute atomic E-state index is 12.7. The van der Waals surface area contributed by atoms with Gasteiger partial charge in [-0.3, -0.25) is 0 Å². The second kappa shape index (κ2) is 5.66. The van der Waals surface area contributed by atoms with Crippen molar-refractivity contribution in [2.45, 2.75) is 23.0 Å². The maximum atomic E-state index is 12.7. The van der Waals surface area contributed by atoms with Crippen LogP contribution in [0.15, 0.2) is 22.6 Å². The molecular formula is C10H9F3N8OS. The lowest BCUT2D eigenvalue weighted by molar-refractivity contribution is -0.146. The lowest BCUT2D eigenvalue weighted by Crippen LogP contribution is -2.21. The Hall–Kier alpha value is -2.41. The smallest absolute Gasteiger partial charge is 0.378 e. The van der Waals surface area contributed by atoms with E-state index in [1.165, 1.54) is 18.0 Å². The minimum absolute atomic E-state index is 0.149. The first-order chi connectivity index (χ1) is 10.9. The summed E-state index contributed by atoms with van der Waals surface area (Å²) >= 11 is 0.855. The molecule has 23 heavy (non-hydrogen) atoms. The van der Waals surface area contributed by atoms with Gasteiger partial charge in [0.2, 0.25) is 5.16 Å². The predicted octanol–water partition coefficient (Wildman–Crippen LogP) is 0.746. The molecular weight excluding hydrogens is 337 g/mol. The quantitative estimate of drug-likeness (QED) is 0.544. The maximum Gasteiger partial charge on any atom is 0.453 e. The van der Waals surface area contributed by atoms with E-state index in [-0.39, 0.29) is 17.5 Å². The third kappa shape index (κ3) is 2.92. The Labute approximate surface area is 130 Å². The Balaban J connectivity index is 2.01. The number of nitrogen functional groups attached to an aromatic ring is 1. The van der Waals surface area contributed by atoms with E-state index >= 15 is 0 Å². The number of rotatable bonds is 4. The summed E-state index contributed by atoms with van der Waals surface area (Å²) in [6.45, 7) is 0.208. The topological polar surface area (TPSA) is 109 Å². The minimum atomic E-state index is -4.69. The van der Waals surface area contributed by atoms with Crippen molar-refractivity contribution in [1.29, 1.82) is 0 Å². The highest BCUT2D eigenvalue weighted by atomic mass is 32.2. The monoisotopic (exact) mass is 346 g/mol. The number of hydrogen-bond acceptors (Lipinski definition) is 8. The Kier molecular flexibility index (Phi) is 3.81. The highest BCUT2D eigenvalue weighted by Gasteiger charge is 2.38. The van der Waals surface area contributed by atoms with Gasteiger partial charge in [-0.05, 0) is 17.8 Å². The highest BCUT2D eigenvalue weighted by Crippen LogP contribution is 2.31. The second-order valence-electron chi connectivity index (χ2n) is 4.27. The lowest BCUT2D eigenvalue weighted by Gasteiger charge is -2.07. The molecule has 0 fully saturated rings. The molecule has 122 valence electrons. The number of methoxy groups -OCH3 is 1. The third-order valence-electron chi connectivity index (χ3n) is 2.68. The van der Waals surface area contributed by atoms with Gasteiger partial charge in [-0.1, -0.05) is 0 Å². The number of aromatic nitrogens is 7. The third-order valence-corrected chi connectivity index (χ3v) is 3.64. The number of nitrogens with zero attached hydrogens (tertiary/aromatic N) is 7. The van der Waals surface area contributed by atoms with Crippen molar-refractivity contribution >= 4 is 17.5 Å². The van der Waals surface area contributed by atoms with E-state index in [0.717, 1.165) is 11.8 Å². The zero-order chi connectivity index (χ0) is 16.6. The van der Waals surface area contributed by atoms with Gasteiger partial charge in [0.25, 0.3) is 11.6 Å². The van der Waals surface area contributed by atoms with Crippen LogP contribution in [0.5, 0.6) is 0 Å². The normalized spacial score (nSPS) is 12.2. The van der Waals surface area contributed by atoms with Crippen LogP contribution in [0.3, 0.4) is 0 Å². The van der Waals surface area contributed by atoms with E-state index in [0.29, 0.717) is 15.4 Å². The van der Waals surface area contributed by atoms with E-state index in [9.17, 15) is 13.2 Å². The van der Waals surface area contributed by atoms with Crippen LogP contribution in [-0.4, -0.2) is 41.6 Å². The van der Waals surface area contributed by atoms with E-state index in [4.69, 9.17) is 10.6 Å². The van der Waals surface area contributed by atoms with Crippen LogP contribution in [0.25, 0.3) is 5.78 Å². The molecule has 3 aromatic rings. The van der Waals surface area contributed by atoms with Crippen LogP contribution in [0, 0.1) is 0 Å². The lowest BCUT2D eigenvalue weighted by atomic mass is 10.4. The SMILES string of the molecule is COCc1cc(Sc2nnc(C(F)(F)F)n2N)n2ncnc2n1. The zero-order valence-electron chi connectivity index (χ0n) is 11.5.